The Morgan fingerprint density at radius 2 is 2.18 bits per heavy atom. The molecule has 0 aliphatic heterocycles. The molecule has 0 rings (SSSR count). The molecule has 11 heavy (non-hydrogen) atoms. The van der Waals surface area contributed by atoms with Gasteiger partial charge in [0.15, 0.2) is 0 Å². The van der Waals surface area contributed by atoms with Crippen molar-refractivity contribution >= 4 is 7.60 Å². The van der Waals surface area contributed by atoms with Gasteiger partial charge in [0.25, 0.3) is 0 Å². The van der Waals surface area contributed by atoms with E-state index in [0.717, 1.165) is 0 Å². The Labute approximate surface area is 66.0 Å². The Bertz CT molecular complexity index is 192. The van der Waals surface area contributed by atoms with E-state index in [1.54, 1.807) is 6.92 Å². The number of nitrogens with zero attached hydrogens (tertiary/aromatic N) is 1. The summed E-state index contributed by atoms with van der Waals surface area (Å²) >= 11 is 0. The van der Waals surface area contributed by atoms with Crippen LogP contribution in [0.15, 0.2) is 0 Å². The molecule has 0 saturated heterocycles. The zero-order chi connectivity index (χ0) is 8.91. The molecule has 0 aromatic rings. The molecule has 0 radical (unpaired) electrons. The summed E-state index contributed by atoms with van der Waals surface area (Å²) in [5.41, 5.74) is -0.637. The number of hydrogen-bond donors (Lipinski definition) is 2. The number of rotatable bonds is 4. The lowest BCUT2D eigenvalue weighted by molar-refractivity contribution is 0.353. The quantitative estimate of drug-likeness (QED) is 0.633. The topological polar surface area (TPSA) is 81.3 Å². The van der Waals surface area contributed by atoms with E-state index < -0.39 is 13.3 Å². The predicted molar refractivity (Wildman–Crippen MR) is 41.0 cm³/mol. The monoisotopic (exact) mass is 177 g/mol. The molecule has 5 heteroatoms. The molecule has 4 nitrogen and oxygen atoms in total. The minimum absolute atomic E-state index is 0.212. The smallest absolute Gasteiger partial charge is 0.324 e. The van der Waals surface area contributed by atoms with Crippen LogP contribution in [-0.2, 0) is 4.57 Å². The lowest BCUT2D eigenvalue weighted by Crippen LogP contribution is -2.06. The van der Waals surface area contributed by atoms with E-state index in [9.17, 15) is 4.57 Å². The maximum atomic E-state index is 10.7. The van der Waals surface area contributed by atoms with Crippen molar-refractivity contribution in [1.29, 1.82) is 5.26 Å². The lowest BCUT2D eigenvalue weighted by Gasteiger charge is -2.13. The SMILES string of the molecule is CCC(CCC#N)P(=O)(O)O. The van der Waals surface area contributed by atoms with Crippen LogP contribution in [-0.4, -0.2) is 15.4 Å². The standard InChI is InChI=1S/C6H12NO3P/c1-2-6(4-3-5-7)11(8,9)10/h6H,2-4H2,1H3,(H2,8,9,10). The van der Waals surface area contributed by atoms with Crippen molar-refractivity contribution in [2.24, 2.45) is 0 Å². The van der Waals surface area contributed by atoms with E-state index in [1.165, 1.54) is 0 Å². The van der Waals surface area contributed by atoms with Crippen molar-refractivity contribution in [2.45, 2.75) is 31.8 Å². The van der Waals surface area contributed by atoms with Crippen LogP contribution in [0.2, 0.25) is 0 Å². The van der Waals surface area contributed by atoms with Gasteiger partial charge in [0, 0.05) is 6.42 Å². The van der Waals surface area contributed by atoms with Gasteiger partial charge < -0.3 is 9.79 Å². The van der Waals surface area contributed by atoms with E-state index >= 15 is 0 Å². The molecule has 0 fully saturated rings. The van der Waals surface area contributed by atoms with E-state index in [2.05, 4.69) is 0 Å². The zero-order valence-corrected chi connectivity index (χ0v) is 7.29. The van der Waals surface area contributed by atoms with Crippen molar-refractivity contribution in [3.8, 4) is 6.07 Å². The summed E-state index contributed by atoms with van der Waals surface area (Å²) in [4.78, 5) is 17.4. The van der Waals surface area contributed by atoms with Crippen molar-refractivity contribution in [3.63, 3.8) is 0 Å². The highest BCUT2D eigenvalue weighted by Crippen LogP contribution is 2.44. The molecule has 2 N–H and O–H groups in total. The zero-order valence-electron chi connectivity index (χ0n) is 6.40. The van der Waals surface area contributed by atoms with Crippen LogP contribution in [0.25, 0.3) is 0 Å². The van der Waals surface area contributed by atoms with Gasteiger partial charge in [-0.1, -0.05) is 6.92 Å². The van der Waals surface area contributed by atoms with Gasteiger partial charge in [-0.15, -0.1) is 0 Å². The van der Waals surface area contributed by atoms with Gasteiger partial charge in [-0.2, -0.15) is 5.26 Å². The Morgan fingerprint density at radius 1 is 1.64 bits per heavy atom. The Hall–Kier alpha value is -0.360. The Balaban J connectivity index is 3.99. The van der Waals surface area contributed by atoms with Gasteiger partial charge in [-0.25, -0.2) is 0 Å². The summed E-state index contributed by atoms with van der Waals surface area (Å²) < 4.78 is 10.7. The van der Waals surface area contributed by atoms with Crippen LogP contribution in [0.1, 0.15) is 26.2 Å². The molecule has 0 saturated carbocycles. The minimum Gasteiger partial charge on any atom is -0.324 e. The first-order valence-electron chi connectivity index (χ1n) is 3.44. The van der Waals surface area contributed by atoms with Crippen LogP contribution in [0, 0.1) is 11.3 Å². The first-order chi connectivity index (χ1) is 5.02. The molecule has 0 bridgehead atoms. The lowest BCUT2D eigenvalue weighted by atomic mass is 10.2. The number of hydrogen-bond acceptors (Lipinski definition) is 2. The fraction of sp³-hybridized carbons (Fsp3) is 0.833. The molecule has 0 aromatic heterocycles. The minimum atomic E-state index is -3.96. The second kappa shape index (κ2) is 4.50. The molecule has 1 atom stereocenters. The summed E-state index contributed by atoms with van der Waals surface area (Å²) in [6.45, 7) is 1.71. The van der Waals surface area contributed by atoms with E-state index in [-0.39, 0.29) is 12.8 Å². The molecule has 64 valence electrons. The average Bonchev–Trinajstić information content (AvgIpc) is 1.87. The maximum Gasteiger partial charge on any atom is 0.328 e. The molecule has 1 unspecified atom stereocenters. The molecule has 0 amide bonds. The molecule has 0 aliphatic rings. The summed E-state index contributed by atoms with van der Waals surface area (Å²) in [5, 5.41) is 8.17. The normalized spacial score (nSPS) is 14.0. The molecular weight excluding hydrogens is 165 g/mol. The van der Waals surface area contributed by atoms with Gasteiger partial charge in [0.2, 0.25) is 0 Å². The second-order valence-corrected chi connectivity index (χ2v) is 4.26. The van der Waals surface area contributed by atoms with E-state index in [1.807, 2.05) is 6.07 Å². The third kappa shape index (κ3) is 4.15. The second-order valence-electron chi connectivity index (χ2n) is 2.35. The van der Waals surface area contributed by atoms with Crippen LogP contribution >= 0.6 is 7.60 Å². The van der Waals surface area contributed by atoms with Crippen LogP contribution in [0.5, 0.6) is 0 Å². The first kappa shape index (κ1) is 10.6. The molecule has 0 spiro atoms. The highest BCUT2D eigenvalue weighted by atomic mass is 31.2. The largest absolute Gasteiger partial charge is 0.328 e. The highest BCUT2D eigenvalue weighted by Gasteiger charge is 2.25. The van der Waals surface area contributed by atoms with Crippen molar-refractivity contribution in [2.75, 3.05) is 0 Å². The summed E-state index contributed by atoms with van der Waals surface area (Å²) in [5.74, 6) is 0. The van der Waals surface area contributed by atoms with Crippen molar-refractivity contribution < 1.29 is 14.4 Å². The van der Waals surface area contributed by atoms with Gasteiger partial charge in [-0.3, -0.25) is 4.57 Å². The van der Waals surface area contributed by atoms with Gasteiger partial charge >= 0.3 is 7.60 Å². The van der Waals surface area contributed by atoms with Gasteiger partial charge in [0.05, 0.1) is 11.7 Å². The van der Waals surface area contributed by atoms with Gasteiger partial charge in [0.1, 0.15) is 0 Å². The van der Waals surface area contributed by atoms with E-state index in [4.69, 9.17) is 15.0 Å². The highest BCUT2D eigenvalue weighted by molar-refractivity contribution is 7.52. The molecular formula is C6H12NO3P. The maximum absolute atomic E-state index is 10.7. The van der Waals surface area contributed by atoms with Crippen molar-refractivity contribution in [1.82, 2.24) is 0 Å². The van der Waals surface area contributed by atoms with Crippen LogP contribution in [0.4, 0.5) is 0 Å². The summed E-state index contributed by atoms with van der Waals surface area (Å²) in [6.07, 6.45) is 0.923. The van der Waals surface area contributed by atoms with Gasteiger partial charge in [-0.05, 0) is 12.8 Å². The molecule has 0 aliphatic carbocycles. The van der Waals surface area contributed by atoms with Crippen molar-refractivity contribution in [3.05, 3.63) is 0 Å². The molecule has 0 aromatic carbocycles. The van der Waals surface area contributed by atoms with E-state index in [0.29, 0.717) is 6.42 Å². The Kier molecular flexibility index (Phi) is 4.36. The summed E-state index contributed by atoms with van der Waals surface area (Å²) in [6, 6.07) is 1.86. The summed E-state index contributed by atoms with van der Waals surface area (Å²) in [7, 11) is -3.96. The average molecular weight is 177 g/mol. The Morgan fingerprint density at radius 3 is 2.45 bits per heavy atom. The fourth-order valence-corrected chi connectivity index (χ4v) is 1.78. The first-order valence-corrected chi connectivity index (χ1v) is 5.12. The molecule has 0 heterocycles. The third-order valence-corrected chi connectivity index (χ3v) is 3.11. The fourth-order valence-electron chi connectivity index (χ4n) is 0.841. The van der Waals surface area contributed by atoms with Crippen LogP contribution < -0.4 is 0 Å². The van der Waals surface area contributed by atoms with Crippen LogP contribution in [0.3, 0.4) is 0 Å². The third-order valence-electron chi connectivity index (χ3n) is 1.54. The predicted octanol–water partition coefficient (Wildman–Crippen LogP) is 1.25. The number of nitriles is 1.